The predicted octanol–water partition coefficient (Wildman–Crippen LogP) is 1.67. The molecule has 0 saturated carbocycles. The molecule has 1 aromatic carbocycles. The van der Waals surface area contributed by atoms with E-state index in [2.05, 4.69) is 4.72 Å². The molecular formula is C16H24N2O4S. The van der Waals surface area contributed by atoms with Crippen molar-refractivity contribution in [3.8, 4) is 5.75 Å². The van der Waals surface area contributed by atoms with Crippen molar-refractivity contribution in [1.29, 1.82) is 0 Å². The van der Waals surface area contributed by atoms with Gasteiger partial charge in [0.25, 0.3) is 5.91 Å². The van der Waals surface area contributed by atoms with E-state index < -0.39 is 10.0 Å². The first-order valence-corrected chi connectivity index (χ1v) is 9.66. The van der Waals surface area contributed by atoms with Crippen molar-refractivity contribution in [3.05, 3.63) is 29.3 Å². The molecule has 0 aliphatic carbocycles. The van der Waals surface area contributed by atoms with Gasteiger partial charge in [-0.05, 0) is 36.5 Å². The number of likely N-dealkylation sites (tertiary alicyclic amines) is 1. The first-order chi connectivity index (χ1) is 10.7. The van der Waals surface area contributed by atoms with E-state index in [1.165, 1.54) is 0 Å². The molecule has 6 nitrogen and oxygen atoms in total. The lowest BCUT2D eigenvalue weighted by Gasteiger charge is -2.33. The fraction of sp³-hybridized carbons (Fsp3) is 0.562. The number of hydrogen-bond donors (Lipinski definition) is 2. The lowest BCUT2D eigenvalue weighted by atomic mass is 9.99. The van der Waals surface area contributed by atoms with E-state index in [1.807, 2.05) is 13.8 Å². The SMILES string of the molecule is CC(C)c1ccc(O)c(C(=O)N2CCCC(NS(C)(=O)=O)C2)c1. The van der Waals surface area contributed by atoms with Crippen LogP contribution in [0.1, 0.15) is 48.5 Å². The molecule has 2 rings (SSSR count). The molecule has 1 aliphatic heterocycles. The van der Waals surface area contributed by atoms with Gasteiger partial charge in [-0.15, -0.1) is 0 Å². The van der Waals surface area contributed by atoms with Gasteiger partial charge in [-0.3, -0.25) is 4.79 Å². The Bertz CT molecular complexity index is 685. The Morgan fingerprint density at radius 2 is 2.09 bits per heavy atom. The van der Waals surface area contributed by atoms with Crippen LogP contribution in [0.2, 0.25) is 0 Å². The quantitative estimate of drug-likeness (QED) is 0.873. The molecule has 128 valence electrons. The van der Waals surface area contributed by atoms with E-state index in [-0.39, 0.29) is 29.2 Å². The summed E-state index contributed by atoms with van der Waals surface area (Å²) < 4.78 is 25.3. The second kappa shape index (κ2) is 6.88. The maximum Gasteiger partial charge on any atom is 0.257 e. The standard InChI is InChI=1S/C16H24N2O4S/c1-11(2)12-6-7-15(19)14(9-12)16(20)18-8-4-5-13(10-18)17-23(3,21)22/h6-7,9,11,13,17,19H,4-5,8,10H2,1-3H3. The van der Waals surface area contributed by atoms with Crippen molar-refractivity contribution in [2.24, 2.45) is 0 Å². The molecule has 1 fully saturated rings. The third kappa shape index (κ3) is 4.68. The van der Waals surface area contributed by atoms with E-state index >= 15 is 0 Å². The number of nitrogens with zero attached hydrogens (tertiary/aromatic N) is 1. The van der Waals surface area contributed by atoms with E-state index in [0.717, 1.165) is 18.2 Å². The molecule has 0 radical (unpaired) electrons. The molecule has 0 aromatic heterocycles. The number of amides is 1. The Kier molecular flexibility index (Phi) is 5.31. The highest BCUT2D eigenvalue weighted by molar-refractivity contribution is 7.88. The maximum absolute atomic E-state index is 12.7. The highest BCUT2D eigenvalue weighted by Gasteiger charge is 2.27. The zero-order valence-electron chi connectivity index (χ0n) is 13.7. The normalized spacial score (nSPS) is 19.1. The van der Waals surface area contributed by atoms with Gasteiger partial charge in [-0.1, -0.05) is 19.9 Å². The van der Waals surface area contributed by atoms with Gasteiger partial charge in [0, 0.05) is 19.1 Å². The van der Waals surface area contributed by atoms with Gasteiger partial charge in [-0.2, -0.15) is 0 Å². The predicted molar refractivity (Wildman–Crippen MR) is 89.1 cm³/mol. The number of sulfonamides is 1. The summed E-state index contributed by atoms with van der Waals surface area (Å²) in [5, 5.41) is 10.0. The molecule has 23 heavy (non-hydrogen) atoms. The summed E-state index contributed by atoms with van der Waals surface area (Å²) in [7, 11) is -3.30. The molecule has 1 saturated heterocycles. The highest BCUT2D eigenvalue weighted by atomic mass is 32.2. The van der Waals surface area contributed by atoms with Crippen molar-refractivity contribution in [3.63, 3.8) is 0 Å². The molecule has 1 heterocycles. The summed E-state index contributed by atoms with van der Waals surface area (Å²) >= 11 is 0. The molecule has 1 unspecified atom stereocenters. The highest BCUT2D eigenvalue weighted by Crippen LogP contribution is 2.25. The van der Waals surface area contributed by atoms with Gasteiger partial charge in [0.05, 0.1) is 11.8 Å². The zero-order chi connectivity index (χ0) is 17.2. The average molecular weight is 340 g/mol. The van der Waals surface area contributed by atoms with Gasteiger partial charge in [0.2, 0.25) is 10.0 Å². The minimum atomic E-state index is -3.30. The third-order valence-electron chi connectivity index (χ3n) is 4.01. The van der Waals surface area contributed by atoms with Crippen LogP contribution in [0.15, 0.2) is 18.2 Å². The van der Waals surface area contributed by atoms with Crippen molar-refractivity contribution in [2.75, 3.05) is 19.3 Å². The number of phenolic OH excluding ortho intramolecular Hbond substituents is 1. The number of hydrogen-bond acceptors (Lipinski definition) is 4. The summed E-state index contributed by atoms with van der Waals surface area (Å²) in [6, 6.07) is 4.79. The van der Waals surface area contributed by atoms with E-state index in [0.29, 0.717) is 19.5 Å². The Labute approximate surface area is 137 Å². The lowest BCUT2D eigenvalue weighted by Crippen LogP contribution is -2.49. The van der Waals surface area contributed by atoms with Crippen LogP contribution in [-0.2, 0) is 10.0 Å². The Hall–Kier alpha value is -1.60. The number of nitrogens with one attached hydrogen (secondary N) is 1. The molecule has 0 bridgehead atoms. The van der Waals surface area contributed by atoms with Crippen LogP contribution in [0.25, 0.3) is 0 Å². The van der Waals surface area contributed by atoms with Gasteiger partial charge in [-0.25, -0.2) is 13.1 Å². The first kappa shape index (κ1) is 17.7. The number of benzene rings is 1. The van der Waals surface area contributed by atoms with Crippen LogP contribution in [0, 0.1) is 0 Å². The summed E-state index contributed by atoms with van der Waals surface area (Å²) in [6.45, 7) is 4.92. The second-order valence-corrected chi connectivity index (χ2v) is 8.19. The molecule has 0 spiro atoms. The molecule has 1 atom stereocenters. The van der Waals surface area contributed by atoms with Crippen LogP contribution in [0.4, 0.5) is 0 Å². The summed E-state index contributed by atoms with van der Waals surface area (Å²) in [4.78, 5) is 14.3. The van der Waals surface area contributed by atoms with Crippen LogP contribution in [0.5, 0.6) is 5.75 Å². The third-order valence-corrected chi connectivity index (χ3v) is 4.77. The fourth-order valence-electron chi connectivity index (χ4n) is 2.81. The summed E-state index contributed by atoms with van der Waals surface area (Å²) in [6.07, 6.45) is 2.55. The van der Waals surface area contributed by atoms with Gasteiger partial charge >= 0.3 is 0 Å². The van der Waals surface area contributed by atoms with Crippen LogP contribution >= 0.6 is 0 Å². The summed E-state index contributed by atoms with van der Waals surface area (Å²) in [5.74, 6) is -0.0502. The minimum Gasteiger partial charge on any atom is -0.507 e. The number of carbonyl (C=O) groups excluding carboxylic acids is 1. The van der Waals surface area contributed by atoms with Gasteiger partial charge < -0.3 is 10.0 Å². The van der Waals surface area contributed by atoms with E-state index in [1.54, 1.807) is 23.1 Å². The Morgan fingerprint density at radius 1 is 1.39 bits per heavy atom. The Morgan fingerprint density at radius 3 is 2.70 bits per heavy atom. The number of carbonyl (C=O) groups is 1. The largest absolute Gasteiger partial charge is 0.507 e. The smallest absolute Gasteiger partial charge is 0.257 e. The second-order valence-electron chi connectivity index (χ2n) is 6.41. The van der Waals surface area contributed by atoms with Crippen molar-refractivity contribution in [2.45, 2.75) is 38.6 Å². The molecule has 1 aliphatic rings. The monoisotopic (exact) mass is 340 g/mol. The van der Waals surface area contributed by atoms with E-state index in [9.17, 15) is 18.3 Å². The average Bonchev–Trinajstić information content (AvgIpc) is 2.45. The van der Waals surface area contributed by atoms with Crippen LogP contribution in [-0.4, -0.2) is 49.7 Å². The number of phenols is 1. The Balaban J connectivity index is 2.18. The van der Waals surface area contributed by atoms with E-state index in [4.69, 9.17) is 0 Å². The molecule has 1 amide bonds. The number of aromatic hydroxyl groups is 1. The van der Waals surface area contributed by atoms with Crippen molar-refractivity contribution < 1.29 is 18.3 Å². The van der Waals surface area contributed by atoms with Gasteiger partial charge in [0.15, 0.2) is 0 Å². The van der Waals surface area contributed by atoms with Crippen LogP contribution in [0.3, 0.4) is 0 Å². The number of piperidine rings is 1. The minimum absolute atomic E-state index is 0.0439. The lowest BCUT2D eigenvalue weighted by molar-refractivity contribution is 0.0700. The molecule has 1 aromatic rings. The van der Waals surface area contributed by atoms with Crippen LogP contribution < -0.4 is 4.72 Å². The molecular weight excluding hydrogens is 316 g/mol. The zero-order valence-corrected chi connectivity index (χ0v) is 14.6. The molecule has 2 N–H and O–H groups in total. The van der Waals surface area contributed by atoms with Crippen molar-refractivity contribution >= 4 is 15.9 Å². The fourth-order valence-corrected chi connectivity index (χ4v) is 3.61. The first-order valence-electron chi connectivity index (χ1n) is 7.77. The topological polar surface area (TPSA) is 86.7 Å². The number of rotatable bonds is 4. The molecule has 7 heteroatoms. The maximum atomic E-state index is 12.7. The van der Waals surface area contributed by atoms with Gasteiger partial charge in [0.1, 0.15) is 5.75 Å². The summed E-state index contributed by atoms with van der Waals surface area (Å²) in [5.41, 5.74) is 1.25. The van der Waals surface area contributed by atoms with Crippen molar-refractivity contribution in [1.82, 2.24) is 9.62 Å².